The molecule has 0 fully saturated rings. The van der Waals surface area contributed by atoms with Crippen LogP contribution in [0.5, 0.6) is 0 Å². The molecule has 1 unspecified atom stereocenters. The van der Waals surface area contributed by atoms with Gasteiger partial charge < -0.3 is 5.32 Å². The Morgan fingerprint density at radius 2 is 2.00 bits per heavy atom. The third-order valence-corrected chi connectivity index (χ3v) is 3.83. The van der Waals surface area contributed by atoms with Crippen molar-refractivity contribution in [1.29, 1.82) is 0 Å². The van der Waals surface area contributed by atoms with Gasteiger partial charge in [-0.3, -0.25) is 0 Å². The number of hydrogen-bond acceptors (Lipinski definition) is 3. The lowest BCUT2D eigenvalue weighted by atomic mass is 10.1. The first-order valence-electron chi connectivity index (χ1n) is 5.87. The minimum absolute atomic E-state index is 0.140. The lowest BCUT2D eigenvalue weighted by Crippen LogP contribution is -2.13. The van der Waals surface area contributed by atoms with Crippen LogP contribution in [0, 0.1) is 11.6 Å². The van der Waals surface area contributed by atoms with E-state index in [0.717, 1.165) is 16.7 Å². The highest BCUT2D eigenvalue weighted by molar-refractivity contribution is 7.99. The second-order valence-corrected chi connectivity index (χ2v) is 5.15. The molecule has 1 heterocycles. The van der Waals surface area contributed by atoms with Gasteiger partial charge in [-0.15, -0.1) is 0 Å². The summed E-state index contributed by atoms with van der Waals surface area (Å²) in [5.41, 5.74) is 1.03. The molecule has 0 saturated carbocycles. The van der Waals surface area contributed by atoms with E-state index in [1.165, 1.54) is 17.8 Å². The number of aromatic nitrogens is 1. The molecule has 0 aliphatic carbocycles. The number of benzene rings is 1. The molecular formula is C14H14F2N2S. The molecule has 1 aromatic heterocycles. The Bertz CT molecular complexity index is 575. The number of rotatable bonds is 4. The zero-order valence-corrected chi connectivity index (χ0v) is 11.5. The van der Waals surface area contributed by atoms with Crippen LogP contribution in [0.1, 0.15) is 18.5 Å². The fourth-order valence-electron chi connectivity index (χ4n) is 1.63. The Morgan fingerprint density at radius 3 is 2.68 bits per heavy atom. The van der Waals surface area contributed by atoms with Crippen molar-refractivity contribution in [2.24, 2.45) is 0 Å². The third kappa shape index (κ3) is 3.30. The van der Waals surface area contributed by atoms with Crippen LogP contribution in [-0.2, 0) is 0 Å². The van der Waals surface area contributed by atoms with E-state index in [2.05, 4.69) is 10.3 Å². The zero-order valence-electron chi connectivity index (χ0n) is 10.7. The minimum atomic E-state index is -0.843. The summed E-state index contributed by atoms with van der Waals surface area (Å²) < 4.78 is 26.1. The van der Waals surface area contributed by atoms with Crippen molar-refractivity contribution >= 4 is 11.8 Å². The molecule has 19 heavy (non-hydrogen) atoms. The van der Waals surface area contributed by atoms with Crippen LogP contribution in [-0.4, -0.2) is 12.0 Å². The maximum absolute atomic E-state index is 13.2. The van der Waals surface area contributed by atoms with Gasteiger partial charge in [0.2, 0.25) is 0 Å². The van der Waals surface area contributed by atoms with Crippen LogP contribution < -0.4 is 5.32 Å². The number of hydrogen-bond donors (Lipinski definition) is 1. The van der Waals surface area contributed by atoms with Crippen LogP contribution in [0.4, 0.5) is 8.78 Å². The van der Waals surface area contributed by atoms with Crippen LogP contribution in [0.25, 0.3) is 0 Å². The summed E-state index contributed by atoms with van der Waals surface area (Å²) >= 11 is 1.32. The molecule has 0 aliphatic heterocycles. The normalized spacial score (nSPS) is 12.4. The summed E-state index contributed by atoms with van der Waals surface area (Å²) in [7, 11) is 1.86. The molecular weight excluding hydrogens is 266 g/mol. The number of nitrogens with zero attached hydrogens (tertiary/aromatic N) is 1. The molecule has 1 aromatic carbocycles. The largest absolute Gasteiger partial charge is 0.313 e. The first kappa shape index (κ1) is 14.0. The Labute approximate surface area is 115 Å². The predicted molar refractivity (Wildman–Crippen MR) is 72.2 cm³/mol. The van der Waals surface area contributed by atoms with Gasteiger partial charge in [-0.2, -0.15) is 0 Å². The Morgan fingerprint density at radius 1 is 1.21 bits per heavy atom. The van der Waals surface area contributed by atoms with Crippen molar-refractivity contribution in [1.82, 2.24) is 10.3 Å². The molecule has 100 valence electrons. The summed E-state index contributed by atoms with van der Waals surface area (Å²) in [6, 6.07) is 7.83. The maximum atomic E-state index is 13.2. The molecule has 0 spiro atoms. The second kappa shape index (κ2) is 6.12. The number of halogens is 2. The standard InChI is InChI=1S/C14H14F2N2S/c1-9(17-2)11-4-3-7-18-14(11)19-10-5-6-12(15)13(16)8-10/h3-9,17H,1-2H3. The van der Waals surface area contributed by atoms with E-state index in [1.54, 1.807) is 12.3 Å². The molecule has 5 heteroatoms. The average molecular weight is 280 g/mol. The van der Waals surface area contributed by atoms with Gasteiger partial charge in [0.05, 0.1) is 0 Å². The first-order chi connectivity index (χ1) is 9.11. The average Bonchev–Trinajstić information content (AvgIpc) is 2.43. The molecule has 0 bridgehead atoms. The van der Waals surface area contributed by atoms with E-state index < -0.39 is 11.6 Å². The van der Waals surface area contributed by atoms with Crippen molar-refractivity contribution < 1.29 is 8.78 Å². The van der Waals surface area contributed by atoms with Gasteiger partial charge in [-0.25, -0.2) is 13.8 Å². The van der Waals surface area contributed by atoms with Crippen LogP contribution >= 0.6 is 11.8 Å². The van der Waals surface area contributed by atoms with Crippen molar-refractivity contribution in [2.45, 2.75) is 22.9 Å². The van der Waals surface area contributed by atoms with Crippen LogP contribution in [0.2, 0.25) is 0 Å². The number of nitrogens with one attached hydrogen (secondary N) is 1. The monoisotopic (exact) mass is 280 g/mol. The quantitative estimate of drug-likeness (QED) is 0.922. The smallest absolute Gasteiger partial charge is 0.159 e. The SMILES string of the molecule is CNC(C)c1cccnc1Sc1ccc(F)c(F)c1. The molecule has 1 atom stereocenters. The maximum Gasteiger partial charge on any atom is 0.159 e. The Balaban J connectivity index is 2.30. The fourth-order valence-corrected chi connectivity index (χ4v) is 2.62. The van der Waals surface area contributed by atoms with Crippen molar-refractivity contribution in [3.8, 4) is 0 Å². The molecule has 2 nitrogen and oxygen atoms in total. The topological polar surface area (TPSA) is 24.9 Å². The minimum Gasteiger partial charge on any atom is -0.313 e. The van der Waals surface area contributed by atoms with Gasteiger partial charge in [-0.05, 0) is 38.2 Å². The molecule has 2 rings (SSSR count). The fraction of sp³-hybridized carbons (Fsp3) is 0.214. The van der Waals surface area contributed by atoms with Gasteiger partial charge in [0.25, 0.3) is 0 Å². The van der Waals surface area contributed by atoms with Gasteiger partial charge in [0.1, 0.15) is 5.03 Å². The van der Waals surface area contributed by atoms with E-state index in [0.29, 0.717) is 4.90 Å². The van der Waals surface area contributed by atoms with Gasteiger partial charge in [0.15, 0.2) is 11.6 Å². The van der Waals surface area contributed by atoms with Crippen molar-refractivity contribution in [3.05, 3.63) is 53.7 Å². The first-order valence-corrected chi connectivity index (χ1v) is 6.68. The summed E-state index contributed by atoms with van der Waals surface area (Å²) in [4.78, 5) is 4.93. The van der Waals surface area contributed by atoms with Crippen LogP contribution in [0.3, 0.4) is 0 Å². The molecule has 1 N–H and O–H groups in total. The molecule has 2 aromatic rings. The highest BCUT2D eigenvalue weighted by atomic mass is 32.2. The van der Waals surface area contributed by atoms with E-state index in [-0.39, 0.29) is 6.04 Å². The molecule has 0 radical (unpaired) electrons. The Hall–Kier alpha value is -1.46. The zero-order chi connectivity index (χ0) is 13.8. The van der Waals surface area contributed by atoms with Crippen LogP contribution in [0.15, 0.2) is 46.5 Å². The molecule has 0 aliphatic rings. The van der Waals surface area contributed by atoms with Gasteiger partial charge >= 0.3 is 0 Å². The van der Waals surface area contributed by atoms with E-state index in [4.69, 9.17) is 0 Å². The summed E-state index contributed by atoms with van der Waals surface area (Å²) in [6.45, 7) is 2.02. The van der Waals surface area contributed by atoms with Crippen molar-refractivity contribution in [2.75, 3.05) is 7.05 Å². The summed E-state index contributed by atoms with van der Waals surface area (Å²) in [6.07, 6.45) is 1.69. The lowest BCUT2D eigenvalue weighted by molar-refractivity contribution is 0.506. The summed E-state index contributed by atoms with van der Waals surface area (Å²) in [5.74, 6) is -1.68. The third-order valence-electron chi connectivity index (χ3n) is 2.81. The highest BCUT2D eigenvalue weighted by Gasteiger charge is 2.12. The molecule has 0 saturated heterocycles. The van der Waals surface area contributed by atoms with E-state index in [1.807, 2.05) is 26.1 Å². The Kier molecular flexibility index (Phi) is 4.50. The molecule has 0 amide bonds. The number of pyridine rings is 1. The van der Waals surface area contributed by atoms with Gasteiger partial charge in [-0.1, -0.05) is 17.8 Å². The predicted octanol–water partition coefficient (Wildman–Crippen LogP) is 3.79. The highest BCUT2D eigenvalue weighted by Crippen LogP contribution is 2.31. The van der Waals surface area contributed by atoms with E-state index >= 15 is 0 Å². The summed E-state index contributed by atoms with van der Waals surface area (Å²) in [5, 5.41) is 3.93. The van der Waals surface area contributed by atoms with E-state index in [9.17, 15) is 8.78 Å². The second-order valence-electron chi connectivity index (χ2n) is 4.09. The lowest BCUT2D eigenvalue weighted by Gasteiger charge is -2.14. The van der Waals surface area contributed by atoms with Crippen molar-refractivity contribution in [3.63, 3.8) is 0 Å². The van der Waals surface area contributed by atoms with Gasteiger partial charge in [0, 0.05) is 22.7 Å².